The van der Waals surface area contributed by atoms with Gasteiger partial charge in [0.05, 0.1) is 28.8 Å². The number of carbonyl (C=O) groups excluding carboxylic acids is 1. The number of aromatic amines is 1. The first kappa shape index (κ1) is 27.0. The zero-order chi connectivity index (χ0) is 29.8. The zero-order valence-corrected chi connectivity index (χ0v) is 23.4. The summed E-state index contributed by atoms with van der Waals surface area (Å²) in [4.78, 5) is 26.0. The fourth-order valence-electron chi connectivity index (χ4n) is 4.77. The van der Waals surface area contributed by atoms with E-state index in [2.05, 4.69) is 15.5 Å². The van der Waals surface area contributed by atoms with Crippen LogP contribution in [-0.4, -0.2) is 44.9 Å². The van der Waals surface area contributed by atoms with Gasteiger partial charge >= 0.3 is 0 Å². The van der Waals surface area contributed by atoms with Gasteiger partial charge in [-0.3, -0.25) is 13.9 Å². The molecule has 0 bridgehead atoms. The van der Waals surface area contributed by atoms with Crippen molar-refractivity contribution in [2.45, 2.75) is 0 Å². The van der Waals surface area contributed by atoms with Crippen molar-refractivity contribution in [2.24, 2.45) is 0 Å². The fourth-order valence-corrected chi connectivity index (χ4v) is 5.28. The van der Waals surface area contributed by atoms with E-state index in [9.17, 15) is 22.4 Å². The molecule has 0 aliphatic rings. The minimum atomic E-state index is -3.77. The van der Waals surface area contributed by atoms with E-state index in [-0.39, 0.29) is 33.9 Å². The zero-order valence-electron chi connectivity index (χ0n) is 22.6. The Bertz CT molecular complexity index is 2150. The normalized spacial score (nSPS) is 11.7. The van der Waals surface area contributed by atoms with Crippen molar-refractivity contribution in [3.8, 4) is 33.9 Å². The Kier molecular flexibility index (Phi) is 6.42. The van der Waals surface area contributed by atoms with Crippen LogP contribution in [-0.2, 0) is 10.0 Å². The van der Waals surface area contributed by atoms with Crippen LogP contribution in [0.4, 0.5) is 10.1 Å². The van der Waals surface area contributed by atoms with Crippen LogP contribution in [0.15, 0.2) is 86.4 Å². The molecule has 0 saturated heterocycles. The first-order valence-electron chi connectivity index (χ1n) is 12.7. The van der Waals surface area contributed by atoms with Crippen molar-refractivity contribution in [3.63, 3.8) is 0 Å². The van der Waals surface area contributed by atoms with Gasteiger partial charge in [-0.15, -0.1) is 0 Å². The average Bonchev–Trinajstić information content (AvgIpc) is 3.57. The summed E-state index contributed by atoms with van der Waals surface area (Å²) >= 11 is 0. The standard InChI is InChI=1S/C30H23FN4O6S/c1-32-30(37)27-20-13-19(22-14-21(29(36)34-33-22)25-12-17-6-4-5-7-24(17)40-25)23(35(2)42(3,38)39)15-26(20)41-28(27)16-8-10-18(31)11-9-16/h4-15H,1-3H3,(H,32,37)(H,34,36). The Morgan fingerprint density at radius 2 is 1.71 bits per heavy atom. The summed E-state index contributed by atoms with van der Waals surface area (Å²) in [6.45, 7) is 0. The van der Waals surface area contributed by atoms with Crippen molar-refractivity contribution in [2.75, 3.05) is 24.7 Å². The molecule has 0 saturated carbocycles. The first-order chi connectivity index (χ1) is 20.0. The average molecular weight is 587 g/mol. The number of sulfonamides is 1. The third-order valence-electron chi connectivity index (χ3n) is 6.97. The smallest absolute Gasteiger partial charge is 0.275 e. The summed E-state index contributed by atoms with van der Waals surface area (Å²) < 4.78 is 52.1. The van der Waals surface area contributed by atoms with Crippen molar-refractivity contribution >= 4 is 43.6 Å². The molecule has 1 amide bonds. The van der Waals surface area contributed by atoms with E-state index in [1.165, 1.54) is 50.5 Å². The van der Waals surface area contributed by atoms with Gasteiger partial charge in [-0.05, 0) is 48.5 Å². The molecular formula is C30H23FN4O6S. The second kappa shape index (κ2) is 10.00. The molecule has 2 N–H and O–H groups in total. The molecule has 0 unspecified atom stereocenters. The molecule has 0 aliphatic heterocycles. The number of nitrogens with one attached hydrogen (secondary N) is 2. The maximum absolute atomic E-state index is 13.7. The fraction of sp³-hybridized carbons (Fsp3) is 0.100. The predicted molar refractivity (Wildman–Crippen MR) is 157 cm³/mol. The molecule has 3 heterocycles. The third-order valence-corrected chi connectivity index (χ3v) is 8.17. The van der Waals surface area contributed by atoms with E-state index in [0.717, 1.165) is 15.9 Å². The van der Waals surface area contributed by atoms with Crippen molar-refractivity contribution < 1.29 is 26.4 Å². The van der Waals surface area contributed by atoms with Crippen LogP contribution in [0.1, 0.15) is 10.4 Å². The molecule has 0 fully saturated rings. The molecular weight excluding hydrogens is 563 g/mol. The van der Waals surface area contributed by atoms with Gasteiger partial charge in [0.15, 0.2) is 0 Å². The van der Waals surface area contributed by atoms with Crippen LogP contribution in [0.2, 0.25) is 0 Å². The van der Waals surface area contributed by atoms with Crippen LogP contribution >= 0.6 is 0 Å². The maximum Gasteiger partial charge on any atom is 0.275 e. The van der Waals surface area contributed by atoms with E-state index in [4.69, 9.17) is 8.83 Å². The molecule has 212 valence electrons. The van der Waals surface area contributed by atoms with Crippen LogP contribution in [0.3, 0.4) is 0 Å². The lowest BCUT2D eigenvalue weighted by Gasteiger charge is -2.20. The second-order valence-electron chi connectivity index (χ2n) is 9.63. The van der Waals surface area contributed by atoms with Crippen LogP contribution in [0.5, 0.6) is 0 Å². The molecule has 42 heavy (non-hydrogen) atoms. The number of H-pyrrole nitrogens is 1. The number of anilines is 1. The van der Waals surface area contributed by atoms with E-state index < -0.39 is 27.3 Å². The maximum atomic E-state index is 13.7. The summed E-state index contributed by atoms with van der Waals surface area (Å²) in [6.07, 6.45) is 1.04. The van der Waals surface area contributed by atoms with E-state index in [1.54, 1.807) is 18.2 Å². The number of halogens is 1. The number of nitrogens with zero attached hydrogens (tertiary/aromatic N) is 2. The predicted octanol–water partition coefficient (Wildman–Crippen LogP) is 5.16. The summed E-state index contributed by atoms with van der Waals surface area (Å²) in [5.74, 6) is -0.458. The van der Waals surface area contributed by atoms with E-state index in [1.807, 2.05) is 18.2 Å². The third kappa shape index (κ3) is 4.61. The van der Waals surface area contributed by atoms with Gasteiger partial charge in [0, 0.05) is 42.1 Å². The molecule has 0 atom stereocenters. The van der Waals surface area contributed by atoms with Crippen molar-refractivity contribution in [3.05, 3.63) is 94.5 Å². The Balaban J connectivity index is 1.63. The molecule has 3 aromatic carbocycles. The highest BCUT2D eigenvalue weighted by atomic mass is 32.2. The molecule has 0 radical (unpaired) electrons. The Hall–Kier alpha value is -5.23. The molecule has 3 aromatic heterocycles. The number of rotatable bonds is 6. The molecule has 12 heteroatoms. The minimum absolute atomic E-state index is 0.163. The number of aromatic nitrogens is 2. The lowest BCUT2D eigenvalue weighted by molar-refractivity contribution is 0.0964. The minimum Gasteiger partial charge on any atom is -0.456 e. The van der Waals surface area contributed by atoms with E-state index >= 15 is 0 Å². The number of furan rings is 2. The van der Waals surface area contributed by atoms with Gasteiger partial charge in [-0.25, -0.2) is 17.9 Å². The van der Waals surface area contributed by atoms with E-state index in [0.29, 0.717) is 27.9 Å². The Labute approximate surface area is 238 Å². The van der Waals surface area contributed by atoms with Gasteiger partial charge in [-0.2, -0.15) is 5.10 Å². The van der Waals surface area contributed by atoms with Crippen molar-refractivity contribution in [1.82, 2.24) is 15.5 Å². The molecule has 6 rings (SSSR count). The molecule has 10 nitrogen and oxygen atoms in total. The van der Waals surface area contributed by atoms with Crippen molar-refractivity contribution in [1.29, 1.82) is 0 Å². The highest BCUT2D eigenvalue weighted by Gasteiger charge is 2.27. The first-order valence-corrected chi connectivity index (χ1v) is 14.5. The second-order valence-corrected chi connectivity index (χ2v) is 11.6. The number of hydrogen-bond acceptors (Lipinski definition) is 7. The number of hydrogen-bond donors (Lipinski definition) is 2. The number of carbonyl (C=O) groups is 1. The van der Waals surface area contributed by atoms with Gasteiger partial charge in [0.1, 0.15) is 28.5 Å². The largest absolute Gasteiger partial charge is 0.456 e. The molecule has 0 spiro atoms. The molecule has 6 aromatic rings. The molecule has 0 aliphatic carbocycles. The highest BCUT2D eigenvalue weighted by Crippen LogP contribution is 2.41. The van der Waals surface area contributed by atoms with Gasteiger partial charge in [-0.1, -0.05) is 18.2 Å². The number of fused-ring (bicyclic) bond motifs is 2. The number of para-hydroxylation sites is 1. The summed E-state index contributed by atoms with van der Waals surface area (Å²) in [5, 5.41) is 10.4. The summed E-state index contributed by atoms with van der Waals surface area (Å²) in [7, 11) is -0.937. The lowest BCUT2D eigenvalue weighted by Crippen LogP contribution is -2.25. The van der Waals surface area contributed by atoms with Gasteiger partial charge < -0.3 is 14.2 Å². The van der Waals surface area contributed by atoms with Crippen LogP contribution < -0.4 is 15.2 Å². The lowest BCUT2D eigenvalue weighted by atomic mass is 10.00. The topological polar surface area (TPSA) is 139 Å². The highest BCUT2D eigenvalue weighted by molar-refractivity contribution is 7.92. The summed E-state index contributed by atoms with van der Waals surface area (Å²) in [6, 6.07) is 19.0. The van der Waals surface area contributed by atoms with Crippen LogP contribution in [0, 0.1) is 5.82 Å². The Morgan fingerprint density at radius 1 is 0.976 bits per heavy atom. The van der Waals surface area contributed by atoms with Gasteiger partial charge in [0.25, 0.3) is 11.5 Å². The quantitative estimate of drug-likeness (QED) is 0.275. The monoisotopic (exact) mass is 586 g/mol. The summed E-state index contributed by atoms with van der Waals surface area (Å²) in [5.41, 5.74) is 1.76. The Morgan fingerprint density at radius 3 is 2.40 bits per heavy atom. The van der Waals surface area contributed by atoms with Gasteiger partial charge in [0.2, 0.25) is 10.0 Å². The number of benzene rings is 3. The van der Waals surface area contributed by atoms with Crippen LogP contribution in [0.25, 0.3) is 55.8 Å². The SMILES string of the molecule is CNC(=O)c1c(-c2ccc(F)cc2)oc2cc(N(C)S(C)(=O)=O)c(-c3cc(-c4cc5ccccc5o4)c(=O)[nH]n3)cc12. The number of amides is 1.